The molecule has 138 valence electrons. The van der Waals surface area contributed by atoms with E-state index < -0.39 is 11.2 Å². The zero-order valence-corrected chi connectivity index (χ0v) is 15.7. The summed E-state index contributed by atoms with van der Waals surface area (Å²) in [6.07, 6.45) is 7.40. The monoisotopic (exact) mass is 348 g/mol. The quantitative estimate of drug-likeness (QED) is 0.588. The van der Waals surface area contributed by atoms with Crippen molar-refractivity contribution in [3.05, 3.63) is 35.1 Å². The van der Waals surface area contributed by atoms with Crippen molar-refractivity contribution in [2.75, 3.05) is 0 Å². The molecule has 5 heteroatoms. The molecular formula is C20H28O5. The van der Waals surface area contributed by atoms with Crippen LogP contribution in [-0.2, 0) is 19.1 Å². The number of rotatable bonds is 6. The Hall–Kier alpha value is -1.88. The minimum absolute atomic E-state index is 0.124. The third-order valence-electron chi connectivity index (χ3n) is 4.61. The van der Waals surface area contributed by atoms with Crippen molar-refractivity contribution in [1.82, 2.24) is 0 Å². The second-order valence-electron chi connectivity index (χ2n) is 7.80. The van der Waals surface area contributed by atoms with Crippen molar-refractivity contribution >= 4 is 11.8 Å². The number of aliphatic hydroxyl groups is 1. The lowest BCUT2D eigenvalue weighted by Crippen LogP contribution is -2.32. The van der Waals surface area contributed by atoms with Crippen LogP contribution in [-0.4, -0.2) is 34.2 Å². The first-order chi connectivity index (χ1) is 11.5. The zero-order chi connectivity index (χ0) is 18.8. The number of allylic oxidation sites excluding steroid dienone is 1. The highest BCUT2D eigenvalue weighted by Gasteiger charge is 2.41. The third-order valence-corrected chi connectivity index (χ3v) is 4.61. The fourth-order valence-corrected chi connectivity index (χ4v) is 3.04. The first-order valence-corrected chi connectivity index (χ1v) is 8.73. The molecule has 25 heavy (non-hydrogen) atoms. The molecule has 2 atom stereocenters. The highest BCUT2D eigenvalue weighted by molar-refractivity contribution is 5.99. The molecule has 2 aliphatic rings. The lowest BCUT2D eigenvalue weighted by Gasteiger charge is -2.28. The van der Waals surface area contributed by atoms with Gasteiger partial charge in [0.25, 0.3) is 0 Å². The number of ether oxygens (including phenoxy) is 2. The Morgan fingerprint density at radius 2 is 2.08 bits per heavy atom. The summed E-state index contributed by atoms with van der Waals surface area (Å²) in [6.45, 7) is 8.98. The summed E-state index contributed by atoms with van der Waals surface area (Å²) in [5.41, 5.74) is 0.0676. The Labute approximate surface area is 149 Å². The average molecular weight is 348 g/mol. The van der Waals surface area contributed by atoms with E-state index in [1.807, 2.05) is 19.9 Å². The molecule has 0 aromatic rings. The minimum Gasteiger partial charge on any atom is -0.481 e. The standard InChI is InChI=1S/C20H28O5/c1-13(9-15-10-14(2)11-18(22)24-15)7-6-8-20(5,23)17-12-16(21)19(3,4)25-17/h9,11-12,15,23H,6-8,10H2,1-5H3/b13-9+. The molecular weight excluding hydrogens is 320 g/mol. The van der Waals surface area contributed by atoms with E-state index >= 15 is 0 Å². The van der Waals surface area contributed by atoms with E-state index in [0.717, 1.165) is 30.4 Å². The summed E-state index contributed by atoms with van der Waals surface area (Å²) >= 11 is 0. The van der Waals surface area contributed by atoms with Crippen molar-refractivity contribution < 1.29 is 24.2 Å². The number of cyclic esters (lactones) is 1. The van der Waals surface area contributed by atoms with Gasteiger partial charge >= 0.3 is 5.97 Å². The van der Waals surface area contributed by atoms with Crippen LogP contribution < -0.4 is 0 Å². The van der Waals surface area contributed by atoms with Crippen molar-refractivity contribution in [2.24, 2.45) is 0 Å². The summed E-state index contributed by atoms with van der Waals surface area (Å²) in [6, 6.07) is 0. The van der Waals surface area contributed by atoms with Crippen LogP contribution in [0.4, 0.5) is 0 Å². The van der Waals surface area contributed by atoms with Gasteiger partial charge in [0, 0.05) is 18.6 Å². The van der Waals surface area contributed by atoms with Crippen LogP contribution in [0.2, 0.25) is 0 Å². The van der Waals surface area contributed by atoms with Crippen LogP contribution in [0.25, 0.3) is 0 Å². The van der Waals surface area contributed by atoms with Gasteiger partial charge in [0.15, 0.2) is 5.60 Å². The Bertz CT molecular complexity index is 649. The maximum absolute atomic E-state index is 11.8. The van der Waals surface area contributed by atoms with Gasteiger partial charge in [-0.3, -0.25) is 4.79 Å². The molecule has 0 saturated heterocycles. The van der Waals surface area contributed by atoms with E-state index in [0.29, 0.717) is 12.2 Å². The fourth-order valence-electron chi connectivity index (χ4n) is 3.04. The molecule has 0 radical (unpaired) electrons. The van der Waals surface area contributed by atoms with Crippen molar-refractivity contribution in [3.63, 3.8) is 0 Å². The average Bonchev–Trinajstić information content (AvgIpc) is 2.72. The van der Waals surface area contributed by atoms with Gasteiger partial charge in [0.1, 0.15) is 17.5 Å². The molecule has 2 rings (SSSR count). The van der Waals surface area contributed by atoms with Crippen LogP contribution in [0.5, 0.6) is 0 Å². The number of ketones is 1. The van der Waals surface area contributed by atoms with E-state index in [1.54, 1.807) is 20.8 Å². The number of carbonyl (C=O) groups is 2. The highest BCUT2D eigenvalue weighted by atomic mass is 16.5. The smallest absolute Gasteiger partial charge is 0.331 e. The molecule has 0 aromatic heterocycles. The molecule has 2 aliphatic heterocycles. The molecule has 0 spiro atoms. The summed E-state index contributed by atoms with van der Waals surface area (Å²) in [5, 5.41) is 10.6. The van der Waals surface area contributed by atoms with E-state index in [1.165, 1.54) is 12.2 Å². The maximum atomic E-state index is 11.8. The summed E-state index contributed by atoms with van der Waals surface area (Å²) in [5.74, 6) is -0.0779. The van der Waals surface area contributed by atoms with E-state index in [4.69, 9.17) is 9.47 Å². The lowest BCUT2D eigenvalue weighted by atomic mass is 9.94. The van der Waals surface area contributed by atoms with Gasteiger partial charge in [-0.15, -0.1) is 0 Å². The molecule has 0 fully saturated rings. The number of carbonyl (C=O) groups excluding carboxylic acids is 2. The Balaban J connectivity index is 1.86. The van der Waals surface area contributed by atoms with Crippen LogP contribution >= 0.6 is 0 Å². The largest absolute Gasteiger partial charge is 0.481 e. The normalized spacial score (nSPS) is 25.7. The predicted octanol–water partition coefficient (Wildman–Crippen LogP) is 3.38. The maximum Gasteiger partial charge on any atom is 0.331 e. The zero-order valence-electron chi connectivity index (χ0n) is 15.7. The Morgan fingerprint density at radius 3 is 2.64 bits per heavy atom. The van der Waals surface area contributed by atoms with Gasteiger partial charge in [-0.05, 0) is 60.0 Å². The molecule has 0 amide bonds. The summed E-state index contributed by atoms with van der Waals surface area (Å²) in [4.78, 5) is 23.3. The van der Waals surface area contributed by atoms with Crippen LogP contribution in [0.3, 0.4) is 0 Å². The van der Waals surface area contributed by atoms with E-state index in [9.17, 15) is 14.7 Å². The Kier molecular flexibility index (Phi) is 5.57. The summed E-state index contributed by atoms with van der Waals surface area (Å²) in [7, 11) is 0. The van der Waals surface area contributed by atoms with Crippen molar-refractivity contribution in [1.29, 1.82) is 0 Å². The lowest BCUT2D eigenvalue weighted by molar-refractivity contribution is -0.142. The van der Waals surface area contributed by atoms with Crippen LogP contribution in [0.15, 0.2) is 35.1 Å². The topological polar surface area (TPSA) is 72.8 Å². The number of esters is 1. The first kappa shape index (κ1) is 19.4. The SMILES string of the molecule is CC1=CC(=O)OC(/C=C(\C)CCCC(C)(O)C2=CC(=O)C(C)(C)O2)C1. The number of hydrogen-bond acceptors (Lipinski definition) is 5. The highest BCUT2D eigenvalue weighted by Crippen LogP contribution is 2.34. The molecule has 1 N–H and O–H groups in total. The molecule has 0 aromatic carbocycles. The van der Waals surface area contributed by atoms with Crippen LogP contribution in [0, 0.1) is 0 Å². The van der Waals surface area contributed by atoms with Crippen molar-refractivity contribution in [3.8, 4) is 0 Å². The molecule has 0 saturated carbocycles. The number of hydrogen-bond donors (Lipinski definition) is 1. The van der Waals surface area contributed by atoms with Gasteiger partial charge < -0.3 is 14.6 Å². The van der Waals surface area contributed by atoms with Gasteiger partial charge in [-0.1, -0.05) is 11.1 Å². The fraction of sp³-hybridized carbons (Fsp3) is 0.600. The molecule has 5 nitrogen and oxygen atoms in total. The molecule has 0 bridgehead atoms. The predicted molar refractivity (Wildman–Crippen MR) is 94.7 cm³/mol. The second kappa shape index (κ2) is 7.16. The second-order valence-corrected chi connectivity index (χ2v) is 7.80. The van der Waals surface area contributed by atoms with E-state index in [2.05, 4.69) is 0 Å². The summed E-state index contributed by atoms with van der Waals surface area (Å²) < 4.78 is 10.9. The molecule has 2 heterocycles. The van der Waals surface area contributed by atoms with Gasteiger partial charge in [-0.2, -0.15) is 0 Å². The minimum atomic E-state index is -1.17. The molecule has 0 aliphatic carbocycles. The third kappa shape index (κ3) is 5.05. The van der Waals surface area contributed by atoms with Gasteiger partial charge in [0.05, 0.1) is 0 Å². The van der Waals surface area contributed by atoms with Crippen LogP contribution in [0.1, 0.15) is 60.3 Å². The first-order valence-electron chi connectivity index (χ1n) is 8.73. The van der Waals surface area contributed by atoms with E-state index in [-0.39, 0.29) is 17.9 Å². The van der Waals surface area contributed by atoms with Gasteiger partial charge in [0.2, 0.25) is 5.78 Å². The van der Waals surface area contributed by atoms with Gasteiger partial charge in [-0.25, -0.2) is 4.79 Å². The van der Waals surface area contributed by atoms with Crippen molar-refractivity contribution in [2.45, 2.75) is 77.6 Å². The Morgan fingerprint density at radius 1 is 1.40 bits per heavy atom. The molecule has 2 unspecified atom stereocenters.